The summed E-state index contributed by atoms with van der Waals surface area (Å²) in [6, 6.07) is 9.38. The summed E-state index contributed by atoms with van der Waals surface area (Å²) in [5.74, 6) is 0. The van der Waals surface area contributed by atoms with Crippen LogP contribution in [0.2, 0.25) is 0 Å². The summed E-state index contributed by atoms with van der Waals surface area (Å²) in [5, 5.41) is 9.22. The number of halogens is 1. The fourth-order valence-electron chi connectivity index (χ4n) is 1.49. The average Bonchev–Trinajstić information content (AvgIpc) is 2.33. The maximum atomic E-state index is 10.6. The van der Waals surface area contributed by atoms with E-state index >= 15 is 0 Å². The van der Waals surface area contributed by atoms with Gasteiger partial charge in [-0.2, -0.15) is 0 Å². The first-order valence-electron chi connectivity index (χ1n) is 4.66. The van der Waals surface area contributed by atoms with Gasteiger partial charge in [-0.25, -0.2) is 0 Å². The first-order valence-corrected chi connectivity index (χ1v) is 8.71. The van der Waals surface area contributed by atoms with Crippen molar-refractivity contribution in [2.24, 2.45) is 0 Å². The van der Waals surface area contributed by atoms with Crippen LogP contribution in [0.4, 0.5) is 0 Å². The van der Waals surface area contributed by atoms with E-state index in [0.29, 0.717) is 0 Å². The normalized spacial score (nSPS) is 15.8. The van der Waals surface area contributed by atoms with Crippen molar-refractivity contribution < 1.29 is 5.11 Å². The van der Waals surface area contributed by atoms with Gasteiger partial charge in [-0.3, -0.25) is 0 Å². The Morgan fingerprint density at radius 2 is 1.44 bits per heavy atom. The molecule has 1 aromatic carbocycles. The lowest BCUT2D eigenvalue weighted by Gasteiger charge is -2.39. The van der Waals surface area contributed by atoms with E-state index in [-0.39, 0.29) is 0 Å². The van der Waals surface area contributed by atoms with E-state index in [4.69, 9.17) is 11.6 Å². The van der Waals surface area contributed by atoms with Gasteiger partial charge in [0.2, 0.25) is 0 Å². The van der Waals surface area contributed by atoms with Crippen LogP contribution in [0, 0.1) is 0 Å². The molecule has 0 heterocycles. The highest BCUT2D eigenvalue weighted by molar-refractivity contribution is 8.33. The fourth-order valence-corrected chi connectivity index (χ4v) is 5.48. The summed E-state index contributed by atoms with van der Waals surface area (Å²) in [6.07, 6.45) is 5.88. The Labute approximate surface area is 115 Å². The van der Waals surface area contributed by atoms with Crippen molar-refractivity contribution in [1.82, 2.24) is 0 Å². The summed E-state index contributed by atoms with van der Waals surface area (Å²) >= 11 is 11.1. The second-order valence-corrected chi connectivity index (χ2v) is 7.54. The van der Waals surface area contributed by atoms with Gasteiger partial charge in [0.1, 0.15) is 0 Å². The molecule has 1 aromatic rings. The second kappa shape index (κ2) is 5.91. The SMILES string of the molecule is CSC(SC)(SC)C(O)(Cl)c1ccccc1. The van der Waals surface area contributed by atoms with Crippen LogP contribution in [-0.4, -0.2) is 27.3 Å². The van der Waals surface area contributed by atoms with Gasteiger partial charge in [0, 0.05) is 5.56 Å². The average molecular weight is 295 g/mol. The predicted molar refractivity (Wildman–Crippen MR) is 79.5 cm³/mol. The first kappa shape index (κ1) is 14.6. The Bertz CT molecular complexity index is 317. The molecule has 0 radical (unpaired) electrons. The van der Waals surface area contributed by atoms with Gasteiger partial charge in [0.25, 0.3) is 0 Å². The fraction of sp³-hybridized carbons (Fsp3) is 0.455. The van der Waals surface area contributed by atoms with Crippen LogP contribution in [-0.2, 0) is 5.06 Å². The molecule has 0 aliphatic carbocycles. The lowest BCUT2D eigenvalue weighted by atomic mass is 10.1. The lowest BCUT2D eigenvalue weighted by molar-refractivity contribution is 0.139. The van der Waals surface area contributed by atoms with Gasteiger partial charge in [0.05, 0.1) is 0 Å². The third kappa shape index (κ3) is 2.51. The van der Waals surface area contributed by atoms with Crippen LogP contribution in [0.3, 0.4) is 0 Å². The largest absolute Gasteiger partial charge is 0.368 e. The Morgan fingerprint density at radius 3 is 1.81 bits per heavy atom. The maximum Gasteiger partial charge on any atom is 0.197 e. The van der Waals surface area contributed by atoms with Crippen molar-refractivity contribution in [3.63, 3.8) is 0 Å². The van der Waals surface area contributed by atoms with Crippen molar-refractivity contribution in [2.45, 2.75) is 8.47 Å². The highest BCUT2D eigenvalue weighted by atomic mass is 35.5. The Hall–Kier alpha value is 0.520. The predicted octanol–water partition coefficient (Wildman–Crippen LogP) is 3.81. The van der Waals surface area contributed by atoms with Gasteiger partial charge in [-0.05, 0) is 18.8 Å². The maximum absolute atomic E-state index is 10.6. The molecule has 0 fully saturated rings. The van der Waals surface area contributed by atoms with E-state index < -0.39 is 8.47 Å². The van der Waals surface area contributed by atoms with Gasteiger partial charge in [-0.15, -0.1) is 35.3 Å². The summed E-state index contributed by atoms with van der Waals surface area (Å²) in [4.78, 5) is 0. The molecule has 0 spiro atoms. The summed E-state index contributed by atoms with van der Waals surface area (Å²) in [5.41, 5.74) is 0.731. The molecule has 1 N–H and O–H groups in total. The third-order valence-corrected chi connectivity index (χ3v) is 8.70. The van der Waals surface area contributed by atoms with Crippen LogP contribution >= 0.6 is 46.9 Å². The number of hydrogen-bond acceptors (Lipinski definition) is 4. The molecule has 0 saturated heterocycles. The van der Waals surface area contributed by atoms with E-state index in [2.05, 4.69) is 0 Å². The number of benzene rings is 1. The van der Waals surface area contributed by atoms with Crippen LogP contribution < -0.4 is 0 Å². The molecule has 1 nitrogen and oxygen atoms in total. The minimum atomic E-state index is -1.38. The summed E-state index contributed by atoms with van der Waals surface area (Å²) < 4.78 is -0.504. The topological polar surface area (TPSA) is 20.2 Å². The van der Waals surface area contributed by atoms with Gasteiger partial charge >= 0.3 is 0 Å². The van der Waals surface area contributed by atoms with Crippen molar-refractivity contribution in [3.8, 4) is 0 Å². The monoisotopic (exact) mass is 294 g/mol. The molecule has 0 aromatic heterocycles. The first-order chi connectivity index (χ1) is 7.54. The van der Waals surface area contributed by atoms with Crippen LogP contribution in [0.1, 0.15) is 5.56 Å². The minimum absolute atomic E-state index is 0.504. The Kier molecular flexibility index (Phi) is 5.39. The van der Waals surface area contributed by atoms with Gasteiger partial charge in [0.15, 0.2) is 8.47 Å². The molecule has 5 heteroatoms. The summed E-state index contributed by atoms with van der Waals surface area (Å²) in [6.45, 7) is 0. The van der Waals surface area contributed by atoms with Crippen LogP contribution in [0.25, 0.3) is 0 Å². The quantitative estimate of drug-likeness (QED) is 0.658. The molecule has 90 valence electrons. The molecule has 1 rings (SSSR count). The number of alkyl halides is 1. The Morgan fingerprint density at radius 1 is 1.00 bits per heavy atom. The number of hydrogen-bond donors (Lipinski definition) is 1. The van der Waals surface area contributed by atoms with E-state index in [1.165, 1.54) is 0 Å². The van der Waals surface area contributed by atoms with Crippen molar-refractivity contribution in [2.75, 3.05) is 18.8 Å². The molecule has 1 atom stereocenters. The van der Waals surface area contributed by atoms with E-state index in [9.17, 15) is 5.11 Å². The molecule has 0 saturated carbocycles. The zero-order valence-electron chi connectivity index (χ0n) is 9.44. The second-order valence-electron chi connectivity index (χ2n) is 3.16. The minimum Gasteiger partial charge on any atom is -0.368 e. The lowest BCUT2D eigenvalue weighted by Crippen LogP contribution is -2.39. The number of rotatable bonds is 5. The molecule has 16 heavy (non-hydrogen) atoms. The van der Waals surface area contributed by atoms with Crippen molar-refractivity contribution in [1.29, 1.82) is 0 Å². The molecule has 0 aliphatic rings. The highest BCUT2D eigenvalue weighted by Gasteiger charge is 2.49. The Balaban J connectivity index is 3.18. The van der Waals surface area contributed by atoms with Crippen molar-refractivity contribution in [3.05, 3.63) is 35.9 Å². The van der Waals surface area contributed by atoms with E-state index in [0.717, 1.165) is 5.56 Å². The molecule has 0 bridgehead atoms. The summed E-state index contributed by atoms with van der Waals surface area (Å²) in [7, 11) is 0. The van der Waals surface area contributed by atoms with Crippen molar-refractivity contribution >= 4 is 46.9 Å². The van der Waals surface area contributed by atoms with E-state index in [1.54, 1.807) is 35.3 Å². The van der Waals surface area contributed by atoms with Crippen LogP contribution in [0.15, 0.2) is 30.3 Å². The smallest absolute Gasteiger partial charge is 0.197 e. The van der Waals surface area contributed by atoms with Crippen LogP contribution in [0.5, 0.6) is 0 Å². The molecular weight excluding hydrogens is 280 g/mol. The zero-order chi connectivity index (χ0) is 12.2. The molecule has 0 aliphatic heterocycles. The van der Waals surface area contributed by atoms with Gasteiger partial charge < -0.3 is 5.11 Å². The zero-order valence-corrected chi connectivity index (χ0v) is 12.6. The van der Waals surface area contributed by atoms with Gasteiger partial charge in [-0.1, -0.05) is 41.9 Å². The molecule has 0 amide bonds. The molecule has 1 unspecified atom stereocenters. The number of aliphatic hydroxyl groups is 1. The number of thioether (sulfide) groups is 3. The third-order valence-electron chi connectivity index (χ3n) is 2.37. The highest BCUT2D eigenvalue weighted by Crippen LogP contribution is 2.57. The molecular formula is C11H15ClOS3. The van der Waals surface area contributed by atoms with E-state index in [1.807, 2.05) is 49.1 Å². The standard InChI is InChI=1S/C11H15ClOS3/c1-14-11(15-2,16-3)10(12,13)9-7-5-4-6-8-9/h4-8,13H,1-3H3.